The molecule has 0 saturated heterocycles. The molecule has 27 heavy (non-hydrogen) atoms. The van der Waals surface area contributed by atoms with Crippen LogP contribution < -0.4 is 0 Å². The maximum absolute atomic E-state index is 12.5. The molecule has 0 aromatic heterocycles. The van der Waals surface area contributed by atoms with Crippen molar-refractivity contribution in [2.45, 2.75) is 51.1 Å². The highest BCUT2D eigenvalue weighted by Gasteiger charge is 2.44. The maximum atomic E-state index is 12.5. The summed E-state index contributed by atoms with van der Waals surface area (Å²) in [7, 11) is 4.65. The van der Waals surface area contributed by atoms with E-state index in [4.69, 9.17) is 26.6 Å². The normalized spacial score (nSPS) is 23.7. The fraction of sp³-hybridized carbons (Fsp3) is 0.944. The van der Waals surface area contributed by atoms with E-state index in [0.29, 0.717) is 24.0 Å². The Morgan fingerprint density at radius 3 is 1.63 bits per heavy atom. The van der Waals surface area contributed by atoms with E-state index in [2.05, 4.69) is 0 Å². The summed E-state index contributed by atoms with van der Waals surface area (Å²) in [6, 6.07) is 1.50. The predicted molar refractivity (Wildman–Crippen MR) is 107 cm³/mol. The standard InChI is InChI=1S/C18H38O7Si2/c1-8-18(19)17-14-15(9-11-26(20-2,21-3)22-4)13-16(17)10-12-27(23-5,24-6)25-7/h15-17H,8-14H2,1-7H3. The molecule has 3 unspecified atom stereocenters. The highest BCUT2D eigenvalue weighted by molar-refractivity contribution is 6.60. The average molecular weight is 423 g/mol. The number of carbonyl (C=O) groups is 1. The fourth-order valence-corrected chi connectivity index (χ4v) is 8.02. The first-order chi connectivity index (χ1) is 12.9. The van der Waals surface area contributed by atoms with E-state index in [1.54, 1.807) is 42.7 Å². The molecular weight excluding hydrogens is 384 g/mol. The molecule has 0 amide bonds. The van der Waals surface area contributed by atoms with Crippen LogP contribution in [-0.2, 0) is 31.4 Å². The van der Waals surface area contributed by atoms with Crippen molar-refractivity contribution in [3.63, 3.8) is 0 Å². The van der Waals surface area contributed by atoms with Crippen LogP contribution in [0.1, 0.15) is 39.0 Å². The van der Waals surface area contributed by atoms with Gasteiger partial charge in [-0.15, -0.1) is 0 Å². The Kier molecular flexibility index (Phi) is 10.9. The minimum absolute atomic E-state index is 0.112. The molecule has 160 valence electrons. The van der Waals surface area contributed by atoms with Gasteiger partial charge in [0.25, 0.3) is 0 Å². The Bertz CT molecular complexity index is 425. The van der Waals surface area contributed by atoms with Crippen molar-refractivity contribution in [3.05, 3.63) is 0 Å². The highest BCUT2D eigenvalue weighted by atomic mass is 28.4. The first-order valence-corrected chi connectivity index (χ1v) is 13.6. The summed E-state index contributed by atoms with van der Waals surface area (Å²) in [5.74, 6) is 1.29. The summed E-state index contributed by atoms with van der Waals surface area (Å²) in [6.07, 6.45) is 4.38. The molecule has 0 heterocycles. The molecule has 1 rings (SSSR count). The van der Waals surface area contributed by atoms with Gasteiger partial charge in [-0.3, -0.25) is 4.79 Å². The molecular formula is C18H38O7Si2. The van der Waals surface area contributed by atoms with Crippen LogP contribution in [0.3, 0.4) is 0 Å². The van der Waals surface area contributed by atoms with Crippen molar-refractivity contribution in [1.82, 2.24) is 0 Å². The molecule has 7 nitrogen and oxygen atoms in total. The third kappa shape index (κ3) is 6.43. The summed E-state index contributed by atoms with van der Waals surface area (Å²) in [6.45, 7) is 1.95. The summed E-state index contributed by atoms with van der Waals surface area (Å²) in [5.41, 5.74) is 0. The summed E-state index contributed by atoms with van der Waals surface area (Å²) in [4.78, 5) is 12.5. The van der Waals surface area contributed by atoms with Crippen LogP contribution in [0.2, 0.25) is 12.1 Å². The smallest absolute Gasteiger partial charge is 0.377 e. The van der Waals surface area contributed by atoms with Crippen molar-refractivity contribution in [3.8, 4) is 0 Å². The lowest BCUT2D eigenvalue weighted by Crippen LogP contribution is -2.43. The highest BCUT2D eigenvalue weighted by Crippen LogP contribution is 2.43. The monoisotopic (exact) mass is 422 g/mol. The van der Waals surface area contributed by atoms with Crippen molar-refractivity contribution in [2.75, 3.05) is 42.7 Å². The van der Waals surface area contributed by atoms with Crippen molar-refractivity contribution < 1.29 is 31.4 Å². The Morgan fingerprint density at radius 1 is 0.778 bits per heavy atom. The van der Waals surface area contributed by atoms with Gasteiger partial charge in [0, 0.05) is 67.1 Å². The van der Waals surface area contributed by atoms with Crippen LogP contribution >= 0.6 is 0 Å². The molecule has 1 aliphatic rings. The zero-order chi connectivity index (χ0) is 20.5. The van der Waals surface area contributed by atoms with Crippen LogP contribution in [0.5, 0.6) is 0 Å². The third-order valence-electron chi connectivity index (χ3n) is 6.10. The Hall–Kier alpha value is -0.136. The quantitative estimate of drug-likeness (QED) is 0.398. The number of Topliss-reactive ketones (excluding diaryl/α,β-unsaturated/α-hetero) is 1. The number of hydrogen-bond donors (Lipinski definition) is 0. The second kappa shape index (κ2) is 11.8. The summed E-state index contributed by atoms with van der Waals surface area (Å²) in [5, 5.41) is 0. The first kappa shape index (κ1) is 24.9. The molecule has 1 saturated carbocycles. The minimum Gasteiger partial charge on any atom is -0.377 e. The molecule has 1 aliphatic carbocycles. The molecule has 0 aromatic carbocycles. The number of carbonyl (C=O) groups excluding carboxylic acids is 1. The van der Waals surface area contributed by atoms with E-state index >= 15 is 0 Å². The number of ketones is 1. The largest absolute Gasteiger partial charge is 0.500 e. The van der Waals surface area contributed by atoms with Crippen LogP contribution in [0.25, 0.3) is 0 Å². The summed E-state index contributed by atoms with van der Waals surface area (Å²) >= 11 is 0. The van der Waals surface area contributed by atoms with E-state index in [0.717, 1.165) is 37.8 Å². The second-order valence-corrected chi connectivity index (χ2v) is 13.4. The van der Waals surface area contributed by atoms with E-state index in [9.17, 15) is 4.79 Å². The second-order valence-electron chi connectivity index (χ2n) is 7.19. The Balaban J connectivity index is 2.75. The lowest BCUT2D eigenvalue weighted by molar-refractivity contribution is -0.123. The van der Waals surface area contributed by atoms with E-state index in [1.807, 2.05) is 6.92 Å². The van der Waals surface area contributed by atoms with Gasteiger partial charge in [-0.2, -0.15) is 0 Å². The van der Waals surface area contributed by atoms with Gasteiger partial charge in [-0.25, -0.2) is 0 Å². The van der Waals surface area contributed by atoms with Gasteiger partial charge in [0.05, 0.1) is 0 Å². The van der Waals surface area contributed by atoms with Gasteiger partial charge < -0.3 is 26.6 Å². The van der Waals surface area contributed by atoms with Gasteiger partial charge >= 0.3 is 17.6 Å². The first-order valence-electron chi connectivity index (χ1n) is 9.72. The number of hydrogen-bond acceptors (Lipinski definition) is 7. The van der Waals surface area contributed by atoms with Crippen LogP contribution in [0.4, 0.5) is 0 Å². The van der Waals surface area contributed by atoms with Gasteiger partial charge in [-0.1, -0.05) is 6.92 Å². The lowest BCUT2D eigenvalue weighted by Gasteiger charge is -2.27. The SMILES string of the molecule is CCC(=O)C1CC(CC[Si](OC)(OC)OC)CC1CC[Si](OC)(OC)OC. The van der Waals surface area contributed by atoms with Gasteiger partial charge in [-0.05, 0) is 37.5 Å². The summed E-state index contributed by atoms with van der Waals surface area (Å²) < 4.78 is 33.3. The molecule has 0 radical (unpaired) electrons. The zero-order valence-electron chi connectivity index (χ0n) is 18.0. The van der Waals surface area contributed by atoms with Crippen LogP contribution in [-0.4, -0.2) is 66.1 Å². The number of rotatable bonds is 14. The predicted octanol–water partition coefficient (Wildman–Crippen LogP) is 3.14. The Labute approximate surface area is 166 Å². The molecule has 1 fully saturated rings. The molecule has 0 aromatic rings. The van der Waals surface area contributed by atoms with Crippen molar-refractivity contribution in [1.29, 1.82) is 0 Å². The van der Waals surface area contributed by atoms with Gasteiger partial charge in [0.2, 0.25) is 0 Å². The Morgan fingerprint density at radius 2 is 1.22 bits per heavy atom. The third-order valence-corrected chi connectivity index (χ3v) is 11.6. The van der Waals surface area contributed by atoms with Gasteiger partial charge in [0.15, 0.2) is 0 Å². The molecule has 0 aliphatic heterocycles. The van der Waals surface area contributed by atoms with E-state index in [-0.39, 0.29) is 5.92 Å². The zero-order valence-corrected chi connectivity index (χ0v) is 20.0. The van der Waals surface area contributed by atoms with Crippen LogP contribution in [0.15, 0.2) is 0 Å². The van der Waals surface area contributed by atoms with Crippen molar-refractivity contribution in [2.24, 2.45) is 17.8 Å². The molecule has 9 heteroatoms. The van der Waals surface area contributed by atoms with Gasteiger partial charge in [0.1, 0.15) is 5.78 Å². The fourth-order valence-electron chi connectivity index (χ4n) is 4.31. The van der Waals surface area contributed by atoms with E-state index < -0.39 is 17.6 Å². The average Bonchev–Trinajstić information content (AvgIpc) is 3.13. The van der Waals surface area contributed by atoms with Crippen LogP contribution in [0, 0.1) is 17.8 Å². The minimum atomic E-state index is -2.61. The lowest BCUT2D eigenvalue weighted by atomic mass is 9.89. The van der Waals surface area contributed by atoms with Crippen molar-refractivity contribution >= 4 is 23.4 Å². The molecule has 0 spiro atoms. The molecule has 0 bridgehead atoms. The topological polar surface area (TPSA) is 72.5 Å². The van der Waals surface area contributed by atoms with E-state index in [1.165, 1.54) is 0 Å². The molecule has 0 N–H and O–H groups in total. The molecule has 3 atom stereocenters. The maximum Gasteiger partial charge on any atom is 0.500 e.